The van der Waals surface area contributed by atoms with E-state index in [1.54, 1.807) is 6.07 Å². The molecule has 0 bridgehead atoms. The van der Waals surface area contributed by atoms with Crippen molar-refractivity contribution in [1.82, 2.24) is 4.90 Å². The van der Waals surface area contributed by atoms with Crippen LogP contribution in [0, 0.1) is 0 Å². The second-order valence-electron chi connectivity index (χ2n) is 4.56. The minimum absolute atomic E-state index is 0.380. The average molecular weight is 288 g/mol. The molecule has 0 unspecified atom stereocenters. The molecular formula is C13H15F3N2S. The number of halogens is 3. The number of nitrogens with zero attached hydrogens (tertiary/aromatic N) is 1. The van der Waals surface area contributed by atoms with Gasteiger partial charge >= 0.3 is 6.18 Å². The monoisotopic (exact) mass is 288 g/mol. The lowest BCUT2D eigenvalue weighted by Gasteiger charge is -2.29. The van der Waals surface area contributed by atoms with E-state index in [-0.39, 0.29) is 0 Å². The lowest BCUT2D eigenvalue weighted by molar-refractivity contribution is -0.137. The minimum atomic E-state index is -4.33. The molecule has 0 aromatic heterocycles. The molecule has 1 saturated heterocycles. The van der Waals surface area contributed by atoms with E-state index in [0.29, 0.717) is 10.8 Å². The molecule has 1 aliphatic heterocycles. The lowest BCUT2D eigenvalue weighted by atomic mass is 10.1. The maximum atomic E-state index is 12.6. The van der Waals surface area contributed by atoms with Gasteiger partial charge in [-0.05, 0) is 49.7 Å². The van der Waals surface area contributed by atoms with Crippen LogP contribution < -0.4 is 5.32 Å². The predicted octanol–water partition coefficient (Wildman–Crippen LogP) is 3.89. The summed E-state index contributed by atoms with van der Waals surface area (Å²) in [5, 5.41) is 3.38. The Labute approximate surface area is 115 Å². The van der Waals surface area contributed by atoms with Gasteiger partial charge in [-0.1, -0.05) is 6.07 Å². The van der Waals surface area contributed by atoms with Gasteiger partial charge in [-0.2, -0.15) is 13.2 Å². The largest absolute Gasteiger partial charge is 0.416 e. The molecule has 1 heterocycles. The molecule has 19 heavy (non-hydrogen) atoms. The zero-order valence-electron chi connectivity index (χ0n) is 10.3. The van der Waals surface area contributed by atoms with Crippen LogP contribution in [0.4, 0.5) is 18.9 Å². The van der Waals surface area contributed by atoms with Gasteiger partial charge in [0, 0.05) is 18.8 Å². The maximum absolute atomic E-state index is 12.6. The molecule has 1 aromatic rings. The summed E-state index contributed by atoms with van der Waals surface area (Å²) in [5.41, 5.74) is -0.288. The van der Waals surface area contributed by atoms with Crippen LogP contribution in [0.3, 0.4) is 0 Å². The van der Waals surface area contributed by atoms with Gasteiger partial charge in [0.15, 0.2) is 5.11 Å². The Balaban J connectivity index is 2.04. The van der Waals surface area contributed by atoms with Crippen molar-refractivity contribution in [3.63, 3.8) is 0 Å². The van der Waals surface area contributed by atoms with Gasteiger partial charge in [0.25, 0.3) is 0 Å². The van der Waals surface area contributed by atoms with Crippen LogP contribution in [0.15, 0.2) is 24.3 Å². The molecule has 0 saturated carbocycles. The molecular weight excluding hydrogens is 273 g/mol. The third-order valence-electron chi connectivity index (χ3n) is 3.08. The molecule has 0 aliphatic carbocycles. The van der Waals surface area contributed by atoms with Gasteiger partial charge in [0.1, 0.15) is 0 Å². The highest BCUT2D eigenvalue weighted by Gasteiger charge is 2.30. The summed E-state index contributed by atoms with van der Waals surface area (Å²) in [6.45, 7) is 1.73. The Hall–Kier alpha value is -1.30. The van der Waals surface area contributed by atoms with Gasteiger partial charge in [-0.25, -0.2) is 0 Å². The van der Waals surface area contributed by atoms with E-state index < -0.39 is 11.7 Å². The van der Waals surface area contributed by atoms with Crippen LogP contribution in [0.25, 0.3) is 0 Å². The molecule has 6 heteroatoms. The standard InChI is InChI=1S/C13H15F3N2S/c14-13(15,16)10-5-4-6-11(9-10)17-12(19)18-7-2-1-3-8-18/h4-6,9H,1-3,7-8H2,(H,17,19). The Morgan fingerprint density at radius 3 is 2.47 bits per heavy atom. The molecule has 1 N–H and O–H groups in total. The van der Waals surface area contributed by atoms with Gasteiger partial charge in [-0.3, -0.25) is 0 Å². The second-order valence-corrected chi connectivity index (χ2v) is 4.94. The van der Waals surface area contributed by atoms with Crippen LogP contribution in [-0.4, -0.2) is 23.1 Å². The maximum Gasteiger partial charge on any atom is 0.416 e. The van der Waals surface area contributed by atoms with Crippen molar-refractivity contribution in [1.29, 1.82) is 0 Å². The highest BCUT2D eigenvalue weighted by Crippen LogP contribution is 2.30. The predicted molar refractivity (Wildman–Crippen MR) is 73.1 cm³/mol. The van der Waals surface area contributed by atoms with Crippen molar-refractivity contribution in [3.05, 3.63) is 29.8 Å². The quantitative estimate of drug-likeness (QED) is 0.789. The number of nitrogens with one attached hydrogen (secondary N) is 1. The molecule has 0 radical (unpaired) electrons. The topological polar surface area (TPSA) is 15.3 Å². The number of rotatable bonds is 1. The average Bonchev–Trinajstić information content (AvgIpc) is 2.39. The van der Waals surface area contributed by atoms with Crippen LogP contribution in [-0.2, 0) is 6.18 Å². The molecule has 104 valence electrons. The van der Waals surface area contributed by atoms with E-state index in [1.165, 1.54) is 12.5 Å². The third kappa shape index (κ3) is 3.83. The normalized spacial score (nSPS) is 16.3. The van der Waals surface area contributed by atoms with Crippen molar-refractivity contribution in [2.75, 3.05) is 18.4 Å². The van der Waals surface area contributed by atoms with Crippen molar-refractivity contribution in [3.8, 4) is 0 Å². The zero-order valence-corrected chi connectivity index (χ0v) is 11.2. The summed E-state index contributed by atoms with van der Waals surface area (Å²) >= 11 is 5.23. The van der Waals surface area contributed by atoms with E-state index in [9.17, 15) is 13.2 Å². The summed E-state index contributed by atoms with van der Waals surface area (Å²) in [7, 11) is 0. The number of hydrogen-bond donors (Lipinski definition) is 1. The Bertz CT molecular complexity index is 453. The van der Waals surface area contributed by atoms with Gasteiger partial charge < -0.3 is 10.2 Å². The van der Waals surface area contributed by atoms with Gasteiger partial charge in [-0.15, -0.1) is 0 Å². The van der Waals surface area contributed by atoms with E-state index in [2.05, 4.69) is 5.32 Å². The summed E-state index contributed by atoms with van der Waals surface area (Å²) in [5.74, 6) is 0. The summed E-state index contributed by atoms with van der Waals surface area (Å²) in [6, 6.07) is 5.10. The molecule has 1 aliphatic rings. The van der Waals surface area contributed by atoms with Crippen molar-refractivity contribution in [2.45, 2.75) is 25.4 Å². The number of anilines is 1. The fraction of sp³-hybridized carbons (Fsp3) is 0.462. The first-order chi connectivity index (χ1) is 8.97. The van der Waals surface area contributed by atoms with Crippen LogP contribution >= 0.6 is 12.2 Å². The highest BCUT2D eigenvalue weighted by molar-refractivity contribution is 7.80. The van der Waals surface area contributed by atoms with E-state index in [1.807, 2.05) is 4.90 Å². The van der Waals surface area contributed by atoms with Crippen LogP contribution in [0.1, 0.15) is 24.8 Å². The lowest BCUT2D eigenvalue weighted by Crippen LogP contribution is -2.38. The molecule has 0 atom stereocenters. The Morgan fingerprint density at radius 2 is 1.84 bits per heavy atom. The zero-order chi connectivity index (χ0) is 13.9. The summed E-state index contributed by atoms with van der Waals surface area (Å²) in [6.07, 6.45) is -0.998. The first-order valence-electron chi connectivity index (χ1n) is 6.20. The Morgan fingerprint density at radius 1 is 1.16 bits per heavy atom. The molecule has 0 amide bonds. The first kappa shape index (κ1) is 14.1. The van der Waals surface area contributed by atoms with Crippen molar-refractivity contribution < 1.29 is 13.2 Å². The molecule has 1 aromatic carbocycles. The smallest absolute Gasteiger partial charge is 0.349 e. The first-order valence-corrected chi connectivity index (χ1v) is 6.61. The van der Waals surface area contributed by atoms with Gasteiger partial charge in [0.2, 0.25) is 0 Å². The van der Waals surface area contributed by atoms with E-state index in [0.717, 1.165) is 38.1 Å². The summed E-state index contributed by atoms with van der Waals surface area (Å²) in [4.78, 5) is 2.00. The number of thiocarbonyl (C=S) groups is 1. The van der Waals surface area contributed by atoms with Crippen molar-refractivity contribution in [2.24, 2.45) is 0 Å². The summed E-state index contributed by atoms with van der Waals surface area (Å²) < 4.78 is 37.8. The molecule has 1 fully saturated rings. The Kier molecular flexibility index (Phi) is 4.29. The van der Waals surface area contributed by atoms with Crippen LogP contribution in [0.2, 0.25) is 0 Å². The number of hydrogen-bond acceptors (Lipinski definition) is 1. The second kappa shape index (κ2) is 5.77. The minimum Gasteiger partial charge on any atom is -0.349 e. The number of alkyl halides is 3. The third-order valence-corrected chi connectivity index (χ3v) is 3.44. The number of piperidine rings is 1. The van der Waals surface area contributed by atoms with Crippen LogP contribution in [0.5, 0.6) is 0 Å². The van der Waals surface area contributed by atoms with Gasteiger partial charge in [0.05, 0.1) is 5.56 Å². The molecule has 0 spiro atoms. The number of benzene rings is 1. The SMILES string of the molecule is FC(F)(F)c1cccc(NC(=S)N2CCCCC2)c1. The van der Waals surface area contributed by atoms with E-state index in [4.69, 9.17) is 12.2 Å². The molecule has 2 nitrogen and oxygen atoms in total. The number of likely N-dealkylation sites (tertiary alicyclic amines) is 1. The van der Waals surface area contributed by atoms with E-state index >= 15 is 0 Å². The fourth-order valence-corrected chi connectivity index (χ4v) is 2.37. The van der Waals surface area contributed by atoms with Crippen molar-refractivity contribution >= 4 is 23.0 Å². The highest BCUT2D eigenvalue weighted by atomic mass is 32.1. The molecule has 2 rings (SSSR count). The fourth-order valence-electron chi connectivity index (χ4n) is 2.07.